The largest absolute Gasteiger partial charge is 0.260 e. The van der Waals surface area contributed by atoms with Crippen LogP contribution in [-0.2, 0) is 10.8 Å². The molecule has 0 saturated carbocycles. The minimum Gasteiger partial charge on any atom is -0.260 e. The Hall–Kier alpha value is -0.110. The lowest BCUT2D eigenvalue weighted by Crippen LogP contribution is -2.18. The van der Waals surface area contributed by atoms with Crippen LogP contribution in [0.5, 0.6) is 0 Å². The monoisotopic (exact) mass is 160 g/mol. The molecule has 0 aliphatic heterocycles. The van der Waals surface area contributed by atoms with Crippen LogP contribution in [0.1, 0.15) is 20.3 Å². The highest BCUT2D eigenvalue weighted by molar-refractivity contribution is 7.84. The van der Waals surface area contributed by atoms with E-state index in [1.54, 1.807) is 6.26 Å². The normalized spacial score (nSPS) is 19.5. The SMILES string of the molecule is C=CC[C@H](C)[C@@H](C)S(C)=O. The van der Waals surface area contributed by atoms with E-state index in [0.717, 1.165) is 6.42 Å². The van der Waals surface area contributed by atoms with Gasteiger partial charge in [-0.05, 0) is 12.3 Å². The molecule has 1 nitrogen and oxygen atoms in total. The summed E-state index contributed by atoms with van der Waals surface area (Å²) in [6.07, 6.45) is 4.60. The van der Waals surface area contributed by atoms with E-state index >= 15 is 0 Å². The van der Waals surface area contributed by atoms with Crippen LogP contribution in [0.2, 0.25) is 0 Å². The third-order valence-corrected chi connectivity index (χ3v) is 3.38. The van der Waals surface area contributed by atoms with Crippen LogP contribution in [0.15, 0.2) is 12.7 Å². The van der Waals surface area contributed by atoms with Crippen LogP contribution < -0.4 is 0 Å². The van der Waals surface area contributed by atoms with Gasteiger partial charge in [-0.15, -0.1) is 6.58 Å². The summed E-state index contributed by atoms with van der Waals surface area (Å²) >= 11 is 0. The first-order chi connectivity index (χ1) is 4.59. The standard InChI is InChI=1S/C8H16OS/c1-5-6-7(2)8(3)10(4)9/h5,7-8H,1,6H2,2-4H3/t7-,8+,10?/m0/s1. The van der Waals surface area contributed by atoms with E-state index in [4.69, 9.17) is 0 Å². The molecule has 60 valence electrons. The second-order valence-electron chi connectivity index (χ2n) is 2.71. The predicted octanol–water partition coefficient (Wildman–Crippen LogP) is 1.97. The number of rotatable bonds is 4. The molecule has 0 aliphatic rings. The van der Waals surface area contributed by atoms with Crippen molar-refractivity contribution in [2.45, 2.75) is 25.5 Å². The van der Waals surface area contributed by atoms with E-state index in [-0.39, 0.29) is 5.25 Å². The van der Waals surface area contributed by atoms with Crippen molar-refractivity contribution in [3.8, 4) is 0 Å². The molecule has 0 N–H and O–H groups in total. The van der Waals surface area contributed by atoms with E-state index in [2.05, 4.69) is 13.5 Å². The van der Waals surface area contributed by atoms with Crippen molar-refractivity contribution in [2.24, 2.45) is 5.92 Å². The molecule has 0 bridgehead atoms. The van der Waals surface area contributed by atoms with Gasteiger partial charge in [-0.25, -0.2) is 0 Å². The average Bonchev–Trinajstić information content (AvgIpc) is 1.87. The Kier molecular flexibility index (Phi) is 4.62. The van der Waals surface area contributed by atoms with E-state index in [9.17, 15) is 4.21 Å². The van der Waals surface area contributed by atoms with Crippen LogP contribution in [0.4, 0.5) is 0 Å². The summed E-state index contributed by atoms with van der Waals surface area (Å²) in [5.74, 6) is 0.489. The first-order valence-electron chi connectivity index (χ1n) is 3.52. The van der Waals surface area contributed by atoms with Gasteiger partial charge in [0, 0.05) is 22.3 Å². The molecule has 0 aromatic heterocycles. The maximum atomic E-state index is 10.9. The molecule has 0 saturated heterocycles. The predicted molar refractivity (Wildman–Crippen MR) is 47.5 cm³/mol. The van der Waals surface area contributed by atoms with Gasteiger partial charge in [0.05, 0.1) is 0 Å². The summed E-state index contributed by atoms with van der Waals surface area (Å²) in [4.78, 5) is 0. The maximum Gasteiger partial charge on any atom is 0.0345 e. The molecular formula is C8H16OS. The van der Waals surface area contributed by atoms with E-state index in [1.807, 2.05) is 13.0 Å². The van der Waals surface area contributed by atoms with Gasteiger partial charge in [-0.2, -0.15) is 0 Å². The molecular weight excluding hydrogens is 144 g/mol. The molecule has 0 spiro atoms. The fraction of sp³-hybridized carbons (Fsp3) is 0.750. The maximum absolute atomic E-state index is 10.9. The van der Waals surface area contributed by atoms with Crippen molar-refractivity contribution in [3.05, 3.63) is 12.7 Å². The molecule has 0 amide bonds. The van der Waals surface area contributed by atoms with Gasteiger partial charge < -0.3 is 0 Å². The molecule has 0 aliphatic carbocycles. The summed E-state index contributed by atoms with van der Waals surface area (Å²) in [5, 5.41) is 0.290. The summed E-state index contributed by atoms with van der Waals surface area (Å²) in [5.41, 5.74) is 0. The number of hydrogen-bond acceptors (Lipinski definition) is 1. The first-order valence-corrected chi connectivity index (χ1v) is 5.14. The van der Waals surface area contributed by atoms with E-state index in [1.165, 1.54) is 0 Å². The van der Waals surface area contributed by atoms with Gasteiger partial charge in [0.2, 0.25) is 0 Å². The van der Waals surface area contributed by atoms with Crippen molar-refractivity contribution < 1.29 is 4.21 Å². The molecule has 0 heterocycles. The van der Waals surface area contributed by atoms with Crippen molar-refractivity contribution in [1.82, 2.24) is 0 Å². The van der Waals surface area contributed by atoms with Gasteiger partial charge in [-0.1, -0.05) is 19.9 Å². The Morgan fingerprint density at radius 1 is 1.60 bits per heavy atom. The first kappa shape index (κ1) is 9.89. The molecule has 0 aromatic carbocycles. The van der Waals surface area contributed by atoms with E-state index in [0.29, 0.717) is 5.92 Å². The molecule has 0 rings (SSSR count). The Morgan fingerprint density at radius 2 is 2.10 bits per heavy atom. The molecule has 1 unspecified atom stereocenters. The highest BCUT2D eigenvalue weighted by Gasteiger charge is 2.13. The van der Waals surface area contributed by atoms with Crippen LogP contribution in [-0.4, -0.2) is 15.7 Å². The Labute approximate surface area is 66.0 Å². The summed E-state index contributed by atoms with van der Waals surface area (Å²) in [6.45, 7) is 7.77. The summed E-state index contributed by atoms with van der Waals surface area (Å²) in [7, 11) is -0.690. The van der Waals surface area contributed by atoms with Crippen molar-refractivity contribution in [3.63, 3.8) is 0 Å². The smallest absolute Gasteiger partial charge is 0.0345 e. The molecule has 2 heteroatoms. The van der Waals surface area contributed by atoms with Crippen LogP contribution in [0, 0.1) is 5.92 Å². The molecule has 0 fully saturated rings. The Balaban J connectivity index is 3.80. The van der Waals surface area contributed by atoms with Gasteiger partial charge >= 0.3 is 0 Å². The zero-order chi connectivity index (χ0) is 8.15. The Morgan fingerprint density at radius 3 is 2.40 bits per heavy atom. The lowest BCUT2D eigenvalue weighted by Gasteiger charge is -2.14. The average molecular weight is 160 g/mol. The molecule has 0 aromatic rings. The summed E-state index contributed by atoms with van der Waals surface area (Å²) in [6, 6.07) is 0. The zero-order valence-electron chi connectivity index (χ0n) is 6.96. The highest BCUT2D eigenvalue weighted by Crippen LogP contribution is 2.12. The van der Waals surface area contributed by atoms with Gasteiger partial charge in [-0.3, -0.25) is 4.21 Å². The van der Waals surface area contributed by atoms with Crippen molar-refractivity contribution in [1.29, 1.82) is 0 Å². The molecule has 3 atom stereocenters. The third kappa shape index (κ3) is 3.16. The van der Waals surface area contributed by atoms with Crippen LogP contribution in [0.3, 0.4) is 0 Å². The van der Waals surface area contributed by atoms with Gasteiger partial charge in [0.1, 0.15) is 0 Å². The topological polar surface area (TPSA) is 17.1 Å². The third-order valence-electron chi connectivity index (χ3n) is 1.86. The fourth-order valence-corrected chi connectivity index (χ4v) is 1.55. The molecule has 0 radical (unpaired) electrons. The van der Waals surface area contributed by atoms with Crippen molar-refractivity contribution in [2.75, 3.05) is 6.26 Å². The summed E-state index contributed by atoms with van der Waals surface area (Å²) < 4.78 is 10.9. The lowest BCUT2D eigenvalue weighted by molar-refractivity contribution is 0.567. The lowest BCUT2D eigenvalue weighted by atomic mass is 10.1. The molecule has 10 heavy (non-hydrogen) atoms. The van der Waals surface area contributed by atoms with Crippen LogP contribution in [0.25, 0.3) is 0 Å². The second kappa shape index (κ2) is 4.67. The van der Waals surface area contributed by atoms with E-state index < -0.39 is 10.8 Å². The number of hydrogen-bond donors (Lipinski definition) is 0. The van der Waals surface area contributed by atoms with Crippen molar-refractivity contribution >= 4 is 10.8 Å². The second-order valence-corrected chi connectivity index (χ2v) is 4.45. The van der Waals surface area contributed by atoms with Crippen LogP contribution >= 0.6 is 0 Å². The Bertz CT molecular complexity index is 131. The zero-order valence-corrected chi connectivity index (χ0v) is 7.78. The number of allylic oxidation sites excluding steroid dienone is 1. The quantitative estimate of drug-likeness (QED) is 0.575. The minimum atomic E-state index is -0.690. The fourth-order valence-electron chi connectivity index (χ4n) is 0.782. The van der Waals surface area contributed by atoms with Gasteiger partial charge in [0.15, 0.2) is 0 Å². The van der Waals surface area contributed by atoms with Gasteiger partial charge in [0.25, 0.3) is 0 Å². The minimum absolute atomic E-state index is 0.290. The highest BCUT2D eigenvalue weighted by atomic mass is 32.2.